The molecule has 0 amide bonds. The SMILES string of the molecule is NCC1(Nc2ncc(I)cn2)CCC1. The fourth-order valence-corrected chi connectivity index (χ4v) is 1.88. The predicted octanol–water partition coefficient (Wildman–Crippen LogP) is 1.37. The maximum Gasteiger partial charge on any atom is 0.223 e. The number of halogens is 1. The summed E-state index contributed by atoms with van der Waals surface area (Å²) in [5.41, 5.74) is 5.79. The molecule has 0 bridgehead atoms. The van der Waals surface area contributed by atoms with E-state index in [1.165, 1.54) is 6.42 Å². The van der Waals surface area contributed by atoms with E-state index in [0.717, 1.165) is 16.4 Å². The third-order valence-electron chi connectivity index (χ3n) is 2.70. The standard InChI is InChI=1S/C9H13IN4/c10-7-4-12-8(13-5-7)14-9(6-11)2-1-3-9/h4-5H,1-3,6,11H2,(H,12,13,14). The van der Waals surface area contributed by atoms with E-state index in [4.69, 9.17) is 5.73 Å². The molecule has 76 valence electrons. The van der Waals surface area contributed by atoms with Crippen LogP contribution in [-0.4, -0.2) is 22.1 Å². The van der Waals surface area contributed by atoms with E-state index in [1.54, 1.807) is 12.4 Å². The Kier molecular flexibility index (Phi) is 2.87. The second-order valence-corrected chi connectivity index (χ2v) is 4.93. The van der Waals surface area contributed by atoms with Crippen molar-refractivity contribution in [3.63, 3.8) is 0 Å². The summed E-state index contributed by atoms with van der Waals surface area (Å²) >= 11 is 2.19. The van der Waals surface area contributed by atoms with E-state index in [9.17, 15) is 0 Å². The molecule has 1 saturated carbocycles. The normalized spacial score (nSPS) is 18.7. The van der Waals surface area contributed by atoms with Gasteiger partial charge in [0, 0.05) is 22.5 Å². The van der Waals surface area contributed by atoms with Crippen LogP contribution in [0.5, 0.6) is 0 Å². The highest BCUT2D eigenvalue weighted by atomic mass is 127. The number of rotatable bonds is 3. The summed E-state index contributed by atoms with van der Waals surface area (Å²) in [5.74, 6) is 0.690. The molecule has 5 heteroatoms. The van der Waals surface area contributed by atoms with Crippen LogP contribution in [0.3, 0.4) is 0 Å². The Hall–Kier alpha value is -0.430. The van der Waals surface area contributed by atoms with Crippen molar-refractivity contribution in [3.05, 3.63) is 16.0 Å². The molecule has 1 aliphatic carbocycles. The topological polar surface area (TPSA) is 63.8 Å². The Balaban J connectivity index is 2.06. The minimum atomic E-state index is 0.0623. The molecule has 1 aromatic rings. The average molecular weight is 304 g/mol. The number of hydrogen-bond acceptors (Lipinski definition) is 4. The van der Waals surface area contributed by atoms with E-state index in [0.29, 0.717) is 12.5 Å². The number of nitrogens with two attached hydrogens (primary N) is 1. The van der Waals surface area contributed by atoms with E-state index >= 15 is 0 Å². The summed E-state index contributed by atoms with van der Waals surface area (Å²) in [4.78, 5) is 8.42. The Labute approximate surface area is 96.8 Å². The fraction of sp³-hybridized carbons (Fsp3) is 0.556. The molecule has 0 radical (unpaired) electrons. The molecule has 1 fully saturated rings. The van der Waals surface area contributed by atoms with Gasteiger partial charge in [0.2, 0.25) is 5.95 Å². The highest BCUT2D eigenvalue weighted by Crippen LogP contribution is 2.33. The lowest BCUT2D eigenvalue weighted by Gasteiger charge is -2.41. The zero-order valence-corrected chi connectivity index (χ0v) is 9.99. The lowest BCUT2D eigenvalue weighted by Crippen LogP contribution is -2.51. The van der Waals surface area contributed by atoms with Crippen molar-refractivity contribution in [2.45, 2.75) is 24.8 Å². The summed E-state index contributed by atoms with van der Waals surface area (Å²) in [7, 11) is 0. The van der Waals surface area contributed by atoms with Gasteiger partial charge >= 0.3 is 0 Å². The van der Waals surface area contributed by atoms with Crippen LogP contribution < -0.4 is 11.1 Å². The quantitative estimate of drug-likeness (QED) is 0.828. The second kappa shape index (κ2) is 3.98. The molecule has 14 heavy (non-hydrogen) atoms. The number of hydrogen-bond donors (Lipinski definition) is 2. The van der Waals surface area contributed by atoms with E-state index in [1.807, 2.05) is 0 Å². The van der Waals surface area contributed by atoms with Crippen LogP contribution in [0.15, 0.2) is 12.4 Å². The monoisotopic (exact) mass is 304 g/mol. The number of anilines is 1. The number of aromatic nitrogens is 2. The van der Waals surface area contributed by atoms with Gasteiger partial charge in [-0.2, -0.15) is 0 Å². The van der Waals surface area contributed by atoms with Crippen molar-refractivity contribution in [1.29, 1.82) is 0 Å². The molecule has 0 aromatic carbocycles. The molecule has 0 atom stereocenters. The Morgan fingerprint density at radius 3 is 2.50 bits per heavy atom. The van der Waals surface area contributed by atoms with Gasteiger partial charge in [0.25, 0.3) is 0 Å². The minimum absolute atomic E-state index is 0.0623. The van der Waals surface area contributed by atoms with Crippen molar-refractivity contribution in [1.82, 2.24) is 9.97 Å². The molecule has 4 nitrogen and oxygen atoms in total. The average Bonchev–Trinajstić information content (AvgIpc) is 2.15. The van der Waals surface area contributed by atoms with Gasteiger partial charge in [-0.1, -0.05) is 0 Å². The van der Waals surface area contributed by atoms with Gasteiger partial charge in [-0.15, -0.1) is 0 Å². The van der Waals surface area contributed by atoms with Crippen molar-refractivity contribution in [3.8, 4) is 0 Å². The zero-order chi connectivity index (χ0) is 10.0. The maximum atomic E-state index is 5.73. The number of nitrogens with one attached hydrogen (secondary N) is 1. The van der Waals surface area contributed by atoms with Crippen LogP contribution in [0, 0.1) is 3.57 Å². The third-order valence-corrected chi connectivity index (χ3v) is 3.26. The first kappa shape index (κ1) is 10.1. The van der Waals surface area contributed by atoms with Gasteiger partial charge < -0.3 is 11.1 Å². The van der Waals surface area contributed by atoms with Gasteiger partial charge in [-0.05, 0) is 41.9 Å². The Bertz CT molecular complexity index is 302. The zero-order valence-electron chi connectivity index (χ0n) is 7.83. The minimum Gasteiger partial charge on any atom is -0.348 e. The Morgan fingerprint density at radius 1 is 1.43 bits per heavy atom. The van der Waals surface area contributed by atoms with E-state index < -0.39 is 0 Å². The molecule has 1 aromatic heterocycles. The van der Waals surface area contributed by atoms with E-state index in [2.05, 4.69) is 37.9 Å². The van der Waals surface area contributed by atoms with Gasteiger partial charge in [-0.25, -0.2) is 9.97 Å². The molecule has 1 heterocycles. The summed E-state index contributed by atoms with van der Waals surface area (Å²) in [6.45, 7) is 0.655. The van der Waals surface area contributed by atoms with Crippen LogP contribution in [0.2, 0.25) is 0 Å². The van der Waals surface area contributed by atoms with Crippen molar-refractivity contribution in [2.75, 3.05) is 11.9 Å². The van der Waals surface area contributed by atoms with Crippen molar-refractivity contribution < 1.29 is 0 Å². The highest BCUT2D eigenvalue weighted by Gasteiger charge is 2.35. The van der Waals surface area contributed by atoms with Crippen LogP contribution in [0.4, 0.5) is 5.95 Å². The first-order valence-electron chi connectivity index (χ1n) is 4.70. The Morgan fingerprint density at radius 2 is 2.07 bits per heavy atom. The predicted molar refractivity (Wildman–Crippen MR) is 64.0 cm³/mol. The lowest BCUT2D eigenvalue weighted by atomic mass is 9.77. The first-order chi connectivity index (χ1) is 6.74. The summed E-state index contributed by atoms with van der Waals surface area (Å²) < 4.78 is 1.04. The lowest BCUT2D eigenvalue weighted by molar-refractivity contribution is 0.285. The van der Waals surface area contributed by atoms with Gasteiger partial charge in [-0.3, -0.25) is 0 Å². The molecule has 1 aliphatic rings. The number of nitrogens with zero attached hydrogens (tertiary/aromatic N) is 2. The van der Waals surface area contributed by atoms with Crippen LogP contribution >= 0.6 is 22.6 Å². The van der Waals surface area contributed by atoms with Gasteiger partial charge in [0.05, 0.1) is 5.54 Å². The smallest absolute Gasteiger partial charge is 0.223 e. The molecule has 2 rings (SSSR count). The van der Waals surface area contributed by atoms with E-state index in [-0.39, 0.29) is 5.54 Å². The molecule has 0 spiro atoms. The van der Waals surface area contributed by atoms with Crippen LogP contribution in [0.1, 0.15) is 19.3 Å². The molecule has 0 saturated heterocycles. The first-order valence-corrected chi connectivity index (χ1v) is 5.78. The molecular weight excluding hydrogens is 291 g/mol. The fourth-order valence-electron chi connectivity index (χ4n) is 1.60. The summed E-state index contributed by atoms with van der Waals surface area (Å²) in [5, 5.41) is 3.32. The second-order valence-electron chi connectivity index (χ2n) is 3.69. The molecule has 3 N–H and O–H groups in total. The maximum absolute atomic E-state index is 5.73. The third kappa shape index (κ3) is 1.98. The highest BCUT2D eigenvalue weighted by molar-refractivity contribution is 14.1. The summed E-state index contributed by atoms with van der Waals surface area (Å²) in [6, 6.07) is 0. The van der Waals surface area contributed by atoms with Crippen LogP contribution in [0.25, 0.3) is 0 Å². The van der Waals surface area contributed by atoms with Gasteiger partial charge in [0.1, 0.15) is 0 Å². The van der Waals surface area contributed by atoms with Gasteiger partial charge in [0.15, 0.2) is 0 Å². The largest absolute Gasteiger partial charge is 0.348 e. The molecule has 0 unspecified atom stereocenters. The van der Waals surface area contributed by atoms with Crippen LogP contribution in [-0.2, 0) is 0 Å². The summed E-state index contributed by atoms with van der Waals surface area (Å²) in [6.07, 6.45) is 7.10. The molecular formula is C9H13IN4. The molecule has 0 aliphatic heterocycles. The van der Waals surface area contributed by atoms with Crippen molar-refractivity contribution >= 4 is 28.5 Å². The van der Waals surface area contributed by atoms with Crippen molar-refractivity contribution in [2.24, 2.45) is 5.73 Å².